The zero-order valence-electron chi connectivity index (χ0n) is 37.2. The van der Waals surface area contributed by atoms with Crippen LogP contribution in [0.2, 0.25) is 0 Å². The standard InChI is InChI=1S/C47H81O13P/c1-3-5-7-9-11-13-15-17-19-20-22-23-25-27-29-31-33-35-40(48)57-37-39(38-58-61(55,56)60-47-45(53)43(51)42(50)44(52)46(47)54)59-41(49)36-34-32-30-28-26-24-21-18-16-14-12-10-8-6-4-2/h11,13,17,19,22-23,30,32,34,36,39,42-47,50-54H,3-10,12,14-16,18,20-21,24-29,31,33,35,37-38H2,1-2H3,(H,55,56)/b13-11+,19-17+,23-22+,32-30+,36-34+/t39-,42?,43-,44?,45?,46?,47?/m0/s1. The summed E-state index contributed by atoms with van der Waals surface area (Å²) in [5.41, 5.74) is 0. The number of allylic oxidation sites excluding steroid dienone is 9. The number of aliphatic hydroxyl groups is 5. The lowest BCUT2D eigenvalue weighted by molar-refractivity contribution is -0.220. The summed E-state index contributed by atoms with van der Waals surface area (Å²) in [6.07, 6.45) is 31.9. The highest BCUT2D eigenvalue weighted by Gasteiger charge is 2.51. The molecule has 0 spiro atoms. The molecule has 1 saturated carbocycles. The molecule has 13 nitrogen and oxygen atoms in total. The molecule has 0 radical (unpaired) electrons. The number of carbonyl (C=O) groups is 2. The van der Waals surface area contributed by atoms with E-state index in [9.17, 15) is 44.6 Å². The number of phosphoric acid groups is 1. The molecule has 8 atom stereocenters. The van der Waals surface area contributed by atoms with Gasteiger partial charge in [0.05, 0.1) is 6.61 Å². The molecule has 352 valence electrons. The van der Waals surface area contributed by atoms with Crippen LogP contribution in [0.5, 0.6) is 0 Å². The first-order chi connectivity index (χ1) is 29.4. The van der Waals surface area contributed by atoms with E-state index in [1.54, 1.807) is 6.08 Å². The van der Waals surface area contributed by atoms with Gasteiger partial charge in [0.1, 0.15) is 43.2 Å². The second-order valence-electron chi connectivity index (χ2n) is 16.0. The van der Waals surface area contributed by atoms with Crippen LogP contribution in [0.3, 0.4) is 0 Å². The van der Waals surface area contributed by atoms with Gasteiger partial charge in [-0.1, -0.05) is 158 Å². The summed E-state index contributed by atoms with van der Waals surface area (Å²) in [6, 6.07) is 0. The minimum absolute atomic E-state index is 0.120. The van der Waals surface area contributed by atoms with Crippen molar-refractivity contribution in [1.82, 2.24) is 0 Å². The SMILES string of the molecule is CCCCC/C=C/C/C=C/C/C=C/CCCCCCC(=O)OC[C@@H](COP(=O)(O)OC1C(O)C(O)C(O)[C@H](O)C1O)OC(=O)/C=C/C=C/CCCCCCCCCCCCC. The molecule has 6 unspecified atom stereocenters. The van der Waals surface area contributed by atoms with Crippen LogP contribution in [-0.2, 0) is 32.7 Å². The molecule has 0 aromatic heterocycles. The fourth-order valence-corrected chi connectivity index (χ4v) is 7.64. The van der Waals surface area contributed by atoms with Gasteiger partial charge in [-0.25, -0.2) is 9.36 Å². The fourth-order valence-electron chi connectivity index (χ4n) is 6.67. The van der Waals surface area contributed by atoms with Gasteiger partial charge in [0.15, 0.2) is 6.10 Å². The maximum atomic E-state index is 12.8. The predicted octanol–water partition coefficient (Wildman–Crippen LogP) is 8.94. The Hall–Kier alpha value is -2.45. The number of carbonyl (C=O) groups excluding carboxylic acids is 2. The van der Waals surface area contributed by atoms with Crippen molar-refractivity contribution < 1.29 is 63.1 Å². The Bertz CT molecular complexity index is 1300. The van der Waals surface area contributed by atoms with Crippen LogP contribution in [0.25, 0.3) is 0 Å². The largest absolute Gasteiger partial charge is 0.472 e. The topological polar surface area (TPSA) is 210 Å². The molecule has 0 bridgehead atoms. The first kappa shape index (κ1) is 56.6. The summed E-state index contributed by atoms with van der Waals surface area (Å²) in [7, 11) is -5.15. The Morgan fingerprint density at radius 3 is 1.56 bits per heavy atom. The number of ether oxygens (including phenoxy) is 2. The summed E-state index contributed by atoms with van der Waals surface area (Å²) in [4.78, 5) is 35.5. The zero-order valence-corrected chi connectivity index (χ0v) is 38.1. The lowest BCUT2D eigenvalue weighted by Crippen LogP contribution is -2.64. The van der Waals surface area contributed by atoms with Gasteiger partial charge in [0.2, 0.25) is 0 Å². The van der Waals surface area contributed by atoms with Crippen LogP contribution < -0.4 is 0 Å². The average Bonchev–Trinajstić information content (AvgIpc) is 3.24. The highest BCUT2D eigenvalue weighted by atomic mass is 31.2. The van der Waals surface area contributed by atoms with Gasteiger partial charge in [-0.05, 0) is 57.8 Å². The molecule has 0 heterocycles. The van der Waals surface area contributed by atoms with Gasteiger partial charge in [-0.2, -0.15) is 0 Å². The third-order valence-electron chi connectivity index (χ3n) is 10.4. The van der Waals surface area contributed by atoms with E-state index in [-0.39, 0.29) is 6.42 Å². The molecule has 0 aliphatic heterocycles. The third-order valence-corrected chi connectivity index (χ3v) is 11.4. The summed E-state index contributed by atoms with van der Waals surface area (Å²) >= 11 is 0. The van der Waals surface area contributed by atoms with Crippen LogP contribution in [0.15, 0.2) is 60.8 Å². The number of rotatable bonds is 37. The molecule has 14 heteroatoms. The first-order valence-electron chi connectivity index (χ1n) is 23.1. The highest BCUT2D eigenvalue weighted by molar-refractivity contribution is 7.47. The smallest absolute Gasteiger partial charge is 0.462 e. The molecule has 61 heavy (non-hydrogen) atoms. The molecular formula is C47H81O13P. The van der Waals surface area contributed by atoms with Gasteiger partial charge in [-0.3, -0.25) is 13.8 Å². The first-order valence-corrected chi connectivity index (χ1v) is 24.6. The number of esters is 2. The Morgan fingerprint density at radius 1 is 0.557 bits per heavy atom. The summed E-state index contributed by atoms with van der Waals surface area (Å²) in [6.45, 7) is 3.15. The minimum atomic E-state index is -5.15. The van der Waals surface area contributed by atoms with E-state index in [1.165, 1.54) is 83.1 Å². The second kappa shape index (κ2) is 37.0. The summed E-state index contributed by atoms with van der Waals surface area (Å²) < 4.78 is 33.3. The van der Waals surface area contributed by atoms with Crippen LogP contribution in [0.4, 0.5) is 0 Å². The number of hydrogen-bond donors (Lipinski definition) is 6. The normalized spacial score (nSPS) is 22.6. The number of unbranched alkanes of at least 4 members (excludes halogenated alkanes) is 18. The van der Waals surface area contributed by atoms with E-state index in [1.807, 2.05) is 6.08 Å². The van der Waals surface area contributed by atoms with Gasteiger partial charge < -0.3 is 39.9 Å². The van der Waals surface area contributed by atoms with Crippen molar-refractivity contribution in [3.63, 3.8) is 0 Å². The lowest BCUT2D eigenvalue weighted by Gasteiger charge is -2.41. The number of aliphatic hydroxyl groups excluding tert-OH is 5. The second-order valence-corrected chi connectivity index (χ2v) is 17.4. The zero-order chi connectivity index (χ0) is 45.0. The van der Waals surface area contributed by atoms with E-state index >= 15 is 0 Å². The van der Waals surface area contributed by atoms with Crippen molar-refractivity contribution in [2.24, 2.45) is 0 Å². The summed E-state index contributed by atoms with van der Waals surface area (Å²) in [5.74, 6) is -1.38. The summed E-state index contributed by atoms with van der Waals surface area (Å²) in [5, 5.41) is 50.1. The van der Waals surface area contributed by atoms with E-state index in [0.717, 1.165) is 70.3 Å². The molecule has 1 aliphatic rings. The van der Waals surface area contributed by atoms with E-state index in [2.05, 4.69) is 50.3 Å². The molecule has 0 aromatic rings. The molecular weight excluding hydrogens is 803 g/mol. The lowest BCUT2D eigenvalue weighted by atomic mass is 9.85. The van der Waals surface area contributed by atoms with E-state index in [0.29, 0.717) is 6.42 Å². The van der Waals surface area contributed by atoms with Gasteiger partial charge in [-0.15, -0.1) is 0 Å². The number of hydrogen-bond acceptors (Lipinski definition) is 12. The van der Waals surface area contributed by atoms with E-state index in [4.69, 9.17) is 18.5 Å². The molecule has 1 rings (SSSR count). The minimum Gasteiger partial charge on any atom is -0.462 e. The fraction of sp³-hybridized carbons (Fsp3) is 0.745. The van der Waals surface area contributed by atoms with Gasteiger partial charge >= 0.3 is 19.8 Å². The van der Waals surface area contributed by atoms with Crippen molar-refractivity contribution in [1.29, 1.82) is 0 Å². The maximum Gasteiger partial charge on any atom is 0.472 e. The highest BCUT2D eigenvalue weighted by Crippen LogP contribution is 2.47. The Kier molecular flexibility index (Phi) is 34.3. The van der Waals surface area contributed by atoms with Crippen LogP contribution in [-0.4, -0.2) is 98.3 Å². The molecule has 0 saturated heterocycles. The van der Waals surface area contributed by atoms with Crippen LogP contribution in [0.1, 0.15) is 168 Å². The predicted molar refractivity (Wildman–Crippen MR) is 239 cm³/mol. The Morgan fingerprint density at radius 2 is 1.00 bits per heavy atom. The molecule has 0 amide bonds. The van der Waals surface area contributed by atoms with Gasteiger partial charge in [0.25, 0.3) is 0 Å². The van der Waals surface area contributed by atoms with Crippen molar-refractivity contribution in [3.05, 3.63) is 60.8 Å². The Labute approximate surface area is 366 Å². The molecule has 6 N–H and O–H groups in total. The van der Waals surface area contributed by atoms with Crippen LogP contribution in [0, 0.1) is 0 Å². The maximum absolute atomic E-state index is 12.8. The van der Waals surface area contributed by atoms with Crippen molar-refractivity contribution >= 4 is 19.8 Å². The molecule has 1 fully saturated rings. The van der Waals surface area contributed by atoms with Crippen molar-refractivity contribution in [2.75, 3.05) is 13.2 Å². The monoisotopic (exact) mass is 885 g/mol. The van der Waals surface area contributed by atoms with Gasteiger partial charge in [0, 0.05) is 12.5 Å². The Balaban J connectivity index is 2.53. The quantitative estimate of drug-likeness (QED) is 0.00861. The number of phosphoric ester groups is 1. The molecule has 1 aliphatic carbocycles. The van der Waals surface area contributed by atoms with Crippen LogP contribution >= 0.6 is 7.82 Å². The van der Waals surface area contributed by atoms with Crippen molar-refractivity contribution in [3.8, 4) is 0 Å². The average molecular weight is 885 g/mol. The molecule has 0 aromatic carbocycles. The van der Waals surface area contributed by atoms with E-state index < -0.39 is 75.7 Å². The third kappa shape index (κ3) is 29.5. The van der Waals surface area contributed by atoms with Crippen molar-refractivity contribution in [2.45, 2.75) is 211 Å².